The first-order valence-electron chi connectivity index (χ1n) is 8.27. The Balaban J connectivity index is 2.21. The molecule has 3 rings (SSSR count). The summed E-state index contributed by atoms with van der Waals surface area (Å²) in [5, 5.41) is 1.07. The summed E-state index contributed by atoms with van der Waals surface area (Å²) in [5.41, 5.74) is 10.0. The third-order valence-corrected chi connectivity index (χ3v) is 4.10. The number of imidazole rings is 1. The molecule has 0 aliphatic carbocycles. The van der Waals surface area contributed by atoms with Crippen molar-refractivity contribution in [3.8, 4) is 0 Å². The SMILES string of the molecule is CCOCc1nc2c(N)nc3cc(C)ccc3c2n1CCCOC. The van der Waals surface area contributed by atoms with Gasteiger partial charge in [0.1, 0.15) is 17.9 Å². The Hall–Kier alpha value is -2.18. The summed E-state index contributed by atoms with van der Waals surface area (Å²) >= 11 is 0. The molecular weight excluding hydrogens is 304 g/mol. The number of rotatable bonds is 7. The van der Waals surface area contributed by atoms with Crippen LogP contribution >= 0.6 is 0 Å². The predicted molar refractivity (Wildman–Crippen MR) is 96.0 cm³/mol. The lowest BCUT2D eigenvalue weighted by Crippen LogP contribution is -2.08. The summed E-state index contributed by atoms with van der Waals surface area (Å²) in [6.07, 6.45) is 0.899. The topological polar surface area (TPSA) is 75.2 Å². The van der Waals surface area contributed by atoms with Crippen molar-refractivity contribution in [1.82, 2.24) is 14.5 Å². The van der Waals surface area contributed by atoms with E-state index in [-0.39, 0.29) is 0 Å². The summed E-state index contributed by atoms with van der Waals surface area (Å²) in [6.45, 7) is 6.65. The predicted octanol–water partition coefficient (Wildman–Crippen LogP) is 3.05. The Morgan fingerprint density at radius 1 is 1.25 bits per heavy atom. The smallest absolute Gasteiger partial charge is 0.152 e. The van der Waals surface area contributed by atoms with Gasteiger partial charge in [-0.05, 0) is 31.9 Å². The Labute approximate surface area is 141 Å². The molecule has 0 bridgehead atoms. The molecule has 0 saturated carbocycles. The van der Waals surface area contributed by atoms with Crippen molar-refractivity contribution >= 4 is 27.8 Å². The molecule has 0 saturated heterocycles. The zero-order valence-corrected chi connectivity index (χ0v) is 14.5. The van der Waals surface area contributed by atoms with Crippen LogP contribution < -0.4 is 5.73 Å². The van der Waals surface area contributed by atoms with Crippen molar-refractivity contribution in [1.29, 1.82) is 0 Å². The van der Waals surface area contributed by atoms with E-state index in [2.05, 4.69) is 34.7 Å². The number of hydrogen-bond acceptors (Lipinski definition) is 5. The molecule has 3 aromatic rings. The van der Waals surface area contributed by atoms with Gasteiger partial charge in [-0.25, -0.2) is 9.97 Å². The van der Waals surface area contributed by atoms with Crippen molar-refractivity contribution in [3.63, 3.8) is 0 Å². The molecule has 6 heteroatoms. The average molecular weight is 328 g/mol. The van der Waals surface area contributed by atoms with Gasteiger partial charge in [0, 0.05) is 32.3 Å². The Morgan fingerprint density at radius 2 is 2.08 bits per heavy atom. The molecule has 0 aliphatic rings. The maximum atomic E-state index is 6.19. The highest BCUT2D eigenvalue weighted by atomic mass is 16.5. The normalized spacial score (nSPS) is 11.6. The summed E-state index contributed by atoms with van der Waals surface area (Å²) in [6, 6.07) is 6.24. The van der Waals surface area contributed by atoms with Gasteiger partial charge < -0.3 is 19.8 Å². The lowest BCUT2D eigenvalue weighted by molar-refractivity contribution is 0.125. The highest BCUT2D eigenvalue weighted by Crippen LogP contribution is 2.29. The molecular formula is C18H24N4O2. The molecule has 0 radical (unpaired) electrons. The number of pyridine rings is 1. The number of benzene rings is 1. The lowest BCUT2D eigenvalue weighted by atomic mass is 10.1. The molecule has 2 aromatic heterocycles. The molecule has 0 amide bonds. The van der Waals surface area contributed by atoms with Gasteiger partial charge in [-0.15, -0.1) is 0 Å². The van der Waals surface area contributed by atoms with Crippen LogP contribution in [0.4, 0.5) is 5.82 Å². The number of nitrogen functional groups attached to an aromatic ring is 1. The summed E-state index contributed by atoms with van der Waals surface area (Å²) in [7, 11) is 1.72. The summed E-state index contributed by atoms with van der Waals surface area (Å²) in [5.74, 6) is 1.34. The van der Waals surface area contributed by atoms with E-state index >= 15 is 0 Å². The fourth-order valence-electron chi connectivity index (χ4n) is 2.98. The van der Waals surface area contributed by atoms with E-state index in [0.29, 0.717) is 25.6 Å². The summed E-state index contributed by atoms with van der Waals surface area (Å²) < 4.78 is 13.0. The zero-order valence-electron chi connectivity index (χ0n) is 14.5. The highest BCUT2D eigenvalue weighted by molar-refractivity contribution is 6.06. The van der Waals surface area contributed by atoms with Crippen LogP contribution in [-0.4, -0.2) is 34.9 Å². The minimum atomic E-state index is 0.463. The van der Waals surface area contributed by atoms with E-state index in [9.17, 15) is 0 Å². The minimum absolute atomic E-state index is 0.463. The van der Waals surface area contributed by atoms with Gasteiger partial charge in [0.2, 0.25) is 0 Å². The fourth-order valence-corrected chi connectivity index (χ4v) is 2.98. The van der Waals surface area contributed by atoms with Gasteiger partial charge in [-0.2, -0.15) is 0 Å². The number of fused-ring (bicyclic) bond motifs is 3. The number of anilines is 1. The largest absolute Gasteiger partial charge is 0.385 e. The average Bonchev–Trinajstić information content (AvgIpc) is 2.92. The van der Waals surface area contributed by atoms with Gasteiger partial charge in [0.05, 0.1) is 11.0 Å². The number of aromatic nitrogens is 3. The maximum Gasteiger partial charge on any atom is 0.152 e. The summed E-state index contributed by atoms with van der Waals surface area (Å²) in [4.78, 5) is 9.24. The standard InChI is InChI=1S/C18H24N4O2/c1-4-24-11-15-21-16-17(22(15)8-5-9-23-3)13-7-6-12(2)10-14(13)20-18(16)19/h6-7,10H,4-5,8-9,11H2,1-3H3,(H2,19,20). The number of nitrogens with two attached hydrogens (primary N) is 1. The van der Waals surface area contributed by atoms with Crippen molar-refractivity contribution in [2.75, 3.05) is 26.1 Å². The van der Waals surface area contributed by atoms with Crippen LogP contribution in [0, 0.1) is 6.92 Å². The minimum Gasteiger partial charge on any atom is -0.385 e. The van der Waals surface area contributed by atoms with Gasteiger partial charge >= 0.3 is 0 Å². The van der Waals surface area contributed by atoms with Crippen molar-refractivity contribution < 1.29 is 9.47 Å². The van der Waals surface area contributed by atoms with Crippen LogP contribution in [0.2, 0.25) is 0 Å². The van der Waals surface area contributed by atoms with Crippen LogP contribution in [-0.2, 0) is 22.6 Å². The van der Waals surface area contributed by atoms with Gasteiger partial charge in [0.25, 0.3) is 0 Å². The monoisotopic (exact) mass is 328 g/mol. The second-order valence-electron chi connectivity index (χ2n) is 5.88. The Bertz CT molecular complexity index is 857. The van der Waals surface area contributed by atoms with E-state index in [0.717, 1.165) is 46.3 Å². The first kappa shape index (κ1) is 16.7. The molecule has 0 fully saturated rings. The lowest BCUT2D eigenvalue weighted by Gasteiger charge is -2.11. The van der Waals surface area contributed by atoms with E-state index in [4.69, 9.17) is 20.2 Å². The van der Waals surface area contributed by atoms with Gasteiger partial charge in [0.15, 0.2) is 5.82 Å². The molecule has 0 unspecified atom stereocenters. The fraction of sp³-hybridized carbons (Fsp3) is 0.444. The van der Waals surface area contributed by atoms with Crippen molar-refractivity contribution in [2.45, 2.75) is 33.4 Å². The molecule has 0 atom stereocenters. The highest BCUT2D eigenvalue weighted by Gasteiger charge is 2.17. The maximum absolute atomic E-state index is 6.19. The van der Waals surface area contributed by atoms with Crippen LogP contribution in [0.25, 0.3) is 21.9 Å². The Kier molecular flexibility index (Phi) is 4.97. The quantitative estimate of drug-likeness (QED) is 0.675. The van der Waals surface area contributed by atoms with E-state index in [1.807, 2.05) is 6.92 Å². The molecule has 0 aliphatic heterocycles. The molecule has 128 valence electrons. The molecule has 6 nitrogen and oxygen atoms in total. The van der Waals surface area contributed by atoms with Crippen molar-refractivity contribution in [3.05, 3.63) is 29.6 Å². The number of aryl methyl sites for hydroxylation is 2. The van der Waals surface area contributed by atoms with Crippen LogP contribution in [0.15, 0.2) is 18.2 Å². The van der Waals surface area contributed by atoms with Gasteiger partial charge in [-0.3, -0.25) is 0 Å². The van der Waals surface area contributed by atoms with E-state index in [1.54, 1.807) is 7.11 Å². The number of methoxy groups -OCH3 is 1. The first-order chi connectivity index (χ1) is 11.7. The first-order valence-corrected chi connectivity index (χ1v) is 8.27. The zero-order chi connectivity index (χ0) is 17.1. The molecule has 1 aromatic carbocycles. The Morgan fingerprint density at radius 3 is 2.83 bits per heavy atom. The number of nitrogens with zero attached hydrogens (tertiary/aromatic N) is 3. The van der Waals surface area contributed by atoms with Crippen LogP contribution in [0.1, 0.15) is 24.7 Å². The molecule has 2 N–H and O–H groups in total. The third kappa shape index (κ3) is 3.07. The second kappa shape index (κ2) is 7.15. The second-order valence-corrected chi connectivity index (χ2v) is 5.88. The van der Waals surface area contributed by atoms with E-state index in [1.165, 1.54) is 0 Å². The molecule has 2 heterocycles. The van der Waals surface area contributed by atoms with Crippen molar-refractivity contribution in [2.24, 2.45) is 0 Å². The van der Waals surface area contributed by atoms with Gasteiger partial charge in [-0.1, -0.05) is 12.1 Å². The number of ether oxygens (including phenoxy) is 2. The van der Waals surface area contributed by atoms with E-state index < -0.39 is 0 Å². The molecule has 0 spiro atoms. The van der Waals surface area contributed by atoms with Crippen LogP contribution in [0.3, 0.4) is 0 Å². The van der Waals surface area contributed by atoms with Crippen LogP contribution in [0.5, 0.6) is 0 Å². The number of hydrogen-bond donors (Lipinski definition) is 1. The third-order valence-electron chi connectivity index (χ3n) is 4.10. The molecule has 24 heavy (non-hydrogen) atoms.